The molecule has 0 radical (unpaired) electrons. The predicted octanol–water partition coefficient (Wildman–Crippen LogP) is 2.11. The molecular weight excluding hydrogens is 213 g/mol. The van der Waals surface area contributed by atoms with E-state index in [2.05, 4.69) is 12.6 Å². The highest BCUT2D eigenvalue weighted by Crippen LogP contribution is 2.25. The molecule has 0 N–H and O–H groups in total. The van der Waals surface area contributed by atoms with Gasteiger partial charge in [-0.15, -0.1) is 0 Å². The van der Waals surface area contributed by atoms with Gasteiger partial charge in [-0.25, -0.2) is 4.39 Å². The molecule has 1 aromatic rings. The Hall–Kier alpha value is -1.03. The summed E-state index contributed by atoms with van der Waals surface area (Å²) in [4.78, 5) is 13.3. The smallest absolute Gasteiger partial charge is 0.227 e. The van der Waals surface area contributed by atoms with E-state index >= 15 is 0 Å². The third-order valence-corrected chi connectivity index (χ3v) is 3.12. The van der Waals surface area contributed by atoms with Crippen molar-refractivity contribution in [1.29, 1.82) is 0 Å². The fourth-order valence-electron chi connectivity index (χ4n) is 1.77. The molecule has 15 heavy (non-hydrogen) atoms. The molecule has 1 aliphatic rings. The van der Waals surface area contributed by atoms with Gasteiger partial charge in [0.2, 0.25) is 5.91 Å². The minimum Gasteiger partial charge on any atom is -0.312 e. The molecule has 0 aliphatic carbocycles. The lowest BCUT2D eigenvalue weighted by Crippen LogP contribution is -2.24. The van der Waals surface area contributed by atoms with Gasteiger partial charge in [0.15, 0.2) is 0 Å². The molecule has 1 atom stereocenters. The van der Waals surface area contributed by atoms with Crippen LogP contribution in [0.5, 0.6) is 0 Å². The Bertz CT molecular complexity index is 365. The van der Waals surface area contributed by atoms with Crippen molar-refractivity contribution in [3.63, 3.8) is 0 Å². The molecule has 0 bridgehead atoms. The first kappa shape index (κ1) is 10.5. The maximum absolute atomic E-state index is 12.7. The van der Waals surface area contributed by atoms with Crippen molar-refractivity contribution in [2.75, 3.05) is 17.2 Å². The molecule has 0 spiro atoms. The molecule has 4 heteroatoms. The van der Waals surface area contributed by atoms with Crippen LogP contribution in [0.25, 0.3) is 0 Å². The van der Waals surface area contributed by atoms with Crippen molar-refractivity contribution in [2.24, 2.45) is 5.92 Å². The average Bonchev–Trinajstić information content (AvgIpc) is 2.61. The lowest BCUT2D eigenvalue weighted by molar-refractivity contribution is -0.117. The normalized spacial score (nSPS) is 21.1. The highest BCUT2D eigenvalue weighted by Gasteiger charge is 2.29. The van der Waals surface area contributed by atoms with Crippen molar-refractivity contribution in [2.45, 2.75) is 6.42 Å². The minimum absolute atomic E-state index is 0.0978. The average molecular weight is 225 g/mol. The molecular formula is C11H12FNOS. The Morgan fingerprint density at radius 2 is 2.07 bits per heavy atom. The van der Waals surface area contributed by atoms with E-state index in [9.17, 15) is 9.18 Å². The molecule has 1 saturated heterocycles. The van der Waals surface area contributed by atoms with Crippen LogP contribution in [-0.2, 0) is 4.79 Å². The summed E-state index contributed by atoms with van der Waals surface area (Å²) in [6.45, 7) is 0.688. The summed E-state index contributed by atoms with van der Waals surface area (Å²) in [5.74, 6) is 0.839. The summed E-state index contributed by atoms with van der Waals surface area (Å²) in [6, 6.07) is 6.01. The van der Waals surface area contributed by atoms with Crippen LogP contribution in [0.2, 0.25) is 0 Å². The van der Waals surface area contributed by atoms with Crippen LogP contribution < -0.4 is 4.90 Å². The van der Waals surface area contributed by atoms with E-state index in [0.29, 0.717) is 24.6 Å². The van der Waals surface area contributed by atoms with Crippen LogP contribution in [-0.4, -0.2) is 18.2 Å². The summed E-state index contributed by atoms with van der Waals surface area (Å²) in [6.07, 6.45) is 0.543. The van der Waals surface area contributed by atoms with Gasteiger partial charge in [0, 0.05) is 18.7 Å². The van der Waals surface area contributed by atoms with Gasteiger partial charge >= 0.3 is 0 Å². The van der Waals surface area contributed by atoms with Gasteiger partial charge < -0.3 is 4.90 Å². The molecule has 1 aromatic carbocycles. The second kappa shape index (κ2) is 4.23. The predicted molar refractivity (Wildman–Crippen MR) is 60.7 cm³/mol. The molecule has 80 valence electrons. The van der Waals surface area contributed by atoms with Crippen molar-refractivity contribution in [3.8, 4) is 0 Å². The number of rotatable bonds is 2. The van der Waals surface area contributed by atoms with Crippen LogP contribution in [0.15, 0.2) is 24.3 Å². The van der Waals surface area contributed by atoms with E-state index in [1.165, 1.54) is 12.1 Å². The largest absolute Gasteiger partial charge is 0.312 e. The number of halogens is 1. The number of carbonyl (C=O) groups is 1. The number of hydrogen-bond acceptors (Lipinski definition) is 2. The summed E-state index contributed by atoms with van der Waals surface area (Å²) in [5, 5.41) is 0. The summed E-state index contributed by atoms with van der Waals surface area (Å²) >= 11 is 4.19. The fraction of sp³-hybridized carbons (Fsp3) is 0.364. The zero-order valence-corrected chi connectivity index (χ0v) is 9.08. The lowest BCUT2D eigenvalue weighted by atomic mass is 10.1. The second-order valence-electron chi connectivity index (χ2n) is 3.73. The maximum Gasteiger partial charge on any atom is 0.227 e. The monoisotopic (exact) mass is 225 g/mol. The summed E-state index contributed by atoms with van der Waals surface area (Å²) in [7, 11) is 0. The van der Waals surface area contributed by atoms with Crippen molar-refractivity contribution < 1.29 is 9.18 Å². The molecule has 1 fully saturated rings. The van der Waals surface area contributed by atoms with Crippen LogP contribution in [0.4, 0.5) is 10.1 Å². The minimum atomic E-state index is -0.281. The first-order valence-electron chi connectivity index (χ1n) is 4.87. The Morgan fingerprint density at radius 1 is 1.40 bits per heavy atom. The Labute approximate surface area is 93.5 Å². The third kappa shape index (κ3) is 2.15. The fourth-order valence-corrected chi connectivity index (χ4v) is 2.02. The van der Waals surface area contributed by atoms with Crippen LogP contribution in [0.3, 0.4) is 0 Å². The molecule has 2 nitrogen and oxygen atoms in total. The lowest BCUT2D eigenvalue weighted by Gasteiger charge is -2.16. The van der Waals surface area contributed by atoms with Crippen LogP contribution in [0.1, 0.15) is 6.42 Å². The number of hydrogen-bond donors (Lipinski definition) is 1. The number of amides is 1. The zero-order valence-electron chi connectivity index (χ0n) is 8.19. The quantitative estimate of drug-likeness (QED) is 0.764. The van der Waals surface area contributed by atoms with Gasteiger partial charge in [0.1, 0.15) is 5.82 Å². The summed E-state index contributed by atoms with van der Waals surface area (Å²) < 4.78 is 12.7. The van der Waals surface area contributed by atoms with Crippen molar-refractivity contribution in [1.82, 2.24) is 0 Å². The van der Waals surface area contributed by atoms with E-state index < -0.39 is 0 Å². The van der Waals surface area contributed by atoms with E-state index in [-0.39, 0.29) is 11.7 Å². The third-order valence-electron chi connectivity index (χ3n) is 2.60. The highest BCUT2D eigenvalue weighted by atomic mass is 32.1. The molecule has 0 aromatic heterocycles. The van der Waals surface area contributed by atoms with Gasteiger partial charge in [0.05, 0.1) is 0 Å². The Kier molecular flexibility index (Phi) is 2.95. The zero-order chi connectivity index (χ0) is 10.8. The number of benzene rings is 1. The number of thiol groups is 1. The first-order valence-corrected chi connectivity index (χ1v) is 5.50. The molecule has 0 saturated carbocycles. The van der Waals surface area contributed by atoms with Gasteiger partial charge in [-0.3, -0.25) is 4.79 Å². The van der Waals surface area contributed by atoms with Crippen molar-refractivity contribution in [3.05, 3.63) is 30.1 Å². The van der Waals surface area contributed by atoms with Gasteiger partial charge in [-0.2, -0.15) is 12.6 Å². The number of anilines is 1. The van der Waals surface area contributed by atoms with E-state index in [1.807, 2.05) is 0 Å². The molecule has 2 rings (SSSR count). The molecule has 1 amide bonds. The highest BCUT2D eigenvalue weighted by molar-refractivity contribution is 7.80. The SMILES string of the molecule is O=C1CC(CS)CN1c1ccc(F)cc1. The Balaban J connectivity index is 2.18. The van der Waals surface area contributed by atoms with Crippen molar-refractivity contribution >= 4 is 24.2 Å². The molecule has 1 aliphatic heterocycles. The van der Waals surface area contributed by atoms with E-state index in [1.54, 1.807) is 17.0 Å². The second-order valence-corrected chi connectivity index (χ2v) is 4.10. The topological polar surface area (TPSA) is 20.3 Å². The van der Waals surface area contributed by atoms with Gasteiger partial charge in [-0.1, -0.05) is 0 Å². The van der Waals surface area contributed by atoms with E-state index in [0.717, 1.165) is 5.69 Å². The first-order chi connectivity index (χ1) is 7.20. The number of nitrogens with zero attached hydrogens (tertiary/aromatic N) is 1. The van der Waals surface area contributed by atoms with Crippen LogP contribution in [0, 0.1) is 11.7 Å². The maximum atomic E-state index is 12.7. The van der Waals surface area contributed by atoms with Gasteiger partial charge in [-0.05, 0) is 35.9 Å². The van der Waals surface area contributed by atoms with Gasteiger partial charge in [0.25, 0.3) is 0 Å². The molecule has 1 unspecified atom stereocenters. The summed E-state index contributed by atoms with van der Waals surface area (Å²) in [5.41, 5.74) is 0.769. The van der Waals surface area contributed by atoms with E-state index in [4.69, 9.17) is 0 Å². The Morgan fingerprint density at radius 3 is 2.60 bits per heavy atom. The molecule has 1 heterocycles. The van der Waals surface area contributed by atoms with Crippen LogP contribution >= 0.6 is 12.6 Å². The number of carbonyl (C=O) groups excluding carboxylic acids is 1. The standard InChI is InChI=1S/C11H12FNOS/c12-9-1-3-10(4-2-9)13-6-8(7-15)5-11(13)14/h1-4,8,15H,5-7H2.